The summed E-state index contributed by atoms with van der Waals surface area (Å²) in [6, 6.07) is 5.31. The maximum atomic E-state index is 11.6. The molecule has 0 amide bonds. The van der Waals surface area contributed by atoms with Gasteiger partial charge in [0.1, 0.15) is 5.56 Å². The molecule has 0 spiro atoms. The number of aromatic amines is 1. The van der Waals surface area contributed by atoms with E-state index in [9.17, 15) is 29.9 Å². The van der Waals surface area contributed by atoms with Crippen LogP contribution in [0.15, 0.2) is 38.8 Å². The topological polar surface area (TPSA) is 151 Å². The highest BCUT2D eigenvalue weighted by atomic mass is 16.6. The molecule has 1 heterocycles. The largest absolute Gasteiger partial charge is 0.494 e. The molecular weight excluding hydrogens is 320 g/mol. The molecule has 10 nitrogen and oxygen atoms in total. The van der Waals surface area contributed by atoms with Gasteiger partial charge in [0, 0.05) is 25.4 Å². The summed E-state index contributed by atoms with van der Waals surface area (Å²) in [7, 11) is 1.27. The van der Waals surface area contributed by atoms with Crippen LogP contribution in [-0.4, -0.2) is 37.4 Å². The molecular formula is C14H14N4O6. The minimum absolute atomic E-state index is 0.101. The molecule has 10 heteroatoms. The Morgan fingerprint density at radius 3 is 2.58 bits per heavy atom. The minimum atomic E-state index is -1.05. The van der Waals surface area contributed by atoms with E-state index in [1.807, 2.05) is 4.98 Å². The molecule has 24 heavy (non-hydrogen) atoms. The van der Waals surface area contributed by atoms with E-state index < -0.39 is 28.2 Å². The third-order valence-corrected chi connectivity index (χ3v) is 3.32. The molecule has 0 saturated heterocycles. The van der Waals surface area contributed by atoms with Crippen molar-refractivity contribution in [1.29, 1.82) is 0 Å². The van der Waals surface area contributed by atoms with Crippen molar-refractivity contribution in [2.24, 2.45) is 12.0 Å². The van der Waals surface area contributed by atoms with E-state index in [0.29, 0.717) is 5.56 Å². The molecule has 0 aliphatic rings. The molecule has 0 aliphatic carbocycles. The first kappa shape index (κ1) is 17.1. The van der Waals surface area contributed by atoms with E-state index in [0.717, 1.165) is 10.8 Å². The van der Waals surface area contributed by atoms with Gasteiger partial charge in [-0.1, -0.05) is 0 Å². The summed E-state index contributed by atoms with van der Waals surface area (Å²) in [6.45, 7) is -0.139. The van der Waals surface area contributed by atoms with Crippen molar-refractivity contribution in [3.05, 3.63) is 66.3 Å². The Labute approximate surface area is 134 Å². The lowest BCUT2D eigenvalue weighted by Gasteiger charge is -2.07. The fourth-order valence-electron chi connectivity index (χ4n) is 1.91. The van der Waals surface area contributed by atoms with Crippen LogP contribution in [0.2, 0.25) is 0 Å². The van der Waals surface area contributed by atoms with Crippen molar-refractivity contribution >= 4 is 11.9 Å². The van der Waals surface area contributed by atoms with E-state index in [2.05, 4.69) is 4.99 Å². The number of H-pyrrole nitrogens is 1. The van der Waals surface area contributed by atoms with Gasteiger partial charge in [-0.05, 0) is 17.7 Å². The third-order valence-electron chi connectivity index (χ3n) is 3.32. The highest BCUT2D eigenvalue weighted by molar-refractivity contribution is 5.81. The number of benzene rings is 1. The van der Waals surface area contributed by atoms with Gasteiger partial charge in [-0.15, -0.1) is 0 Å². The minimum Gasteiger partial charge on any atom is -0.494 e. The van der Waals surface area contributed by atoms with Crippen LogP contribution in [0.4, 0.5) is 5.69 Å². The lowest BCUT2D eigenvalue weighted by atomic mass is 10.1. The lowest BCUT2D eigenvalue weighted by Crippen LogP contribution is -2.30. The number of hydrogen-bond acceptors (Lipinski definition) is 7. The van der Waals surface area contributed by atoms with Crippen LogP contribution in [0.5, 0.6) is 5.88 Å². The molecule has 0 unspecified atom stereocenters. The molecule has 1 aromatic heterocycles. The van der Waals surface area contributed by atoms with Crippen molar-refractivity contribution in [2.75, 3.05) is 6.54 Å². The zero-order chi connectivity index (χ0) is 17.9. The third kappa shape index (κ3) is 3.55. The fraction of sp³-hybridized carbons (Fsp3) is 0.214. The highest BCUT2D eigenvalue weighted by Crippen LogP contribution is 2.18. The van der Waals surface area contributed by atoms with Crippen LogP contribution in [0, 0.1) is 10.1 Å². The molecule has 126 valence electrons. The summed E-state index contributed by atoms with van der Waals surface area (Å²) in [5.74, 6) is -0.544. The second kappa shape index (κ2) is 6.87. The fourth-order valence-corrected chi connectivity index (χ4v) is 1.91. The van der Waals surface area contributed by atoms with E-state index in [-0.39, 0.29) is 17.8 Å². The number of aliphatic hydroxyl groups excluding tert-OH is 1. The predicted octanol–water partition coefficient (Wildman–Crippen LogP) is -0.160. The van der Waals surface area contributed by atoms with Gasteiger partial charge in [0.15, 0.2) is 0 Å². The number of aliphatic hydroxyl groups is 1. The number of aliphatic imine (C=N–C) groups is 1. The summed E-state index contributed by atoms with van der Waals surface area (Å²) < 4.78 is 0.843. The van der Waals surface area contributed by atoms with Crippen molar-refractivity contribution in [1.82, 2.24) is 9.55 Å². The molecule has 0 bridgehead atoms. The van der Waals surface area contributed by atoms with Crippen LogP contribution < -0.4 is 11.2 Å². The number of nitro groups is 1. The standard InChI is InChI=1S/C14H14N4O6/c1-17-13(21)10(12(20)16-14(17)22)6-15-7-11(19)8-2-4-9(5-3-8)18(23)24/h2-6,11,19,21H,7H2,1H3,(H,16,20,22)/t11-/m0/s1. The summed E-state index contributed by atoms with van der Waals surface area (Å²) in [5.41, 5.74) is -1.47. The Kier molecular flexibility index (Phi) is 4.90. The number of non-ortho nitro benzene ring substituents is 1. The summed E-state index contributed by atoms with van der Waals surface area (Å²) >= 11 is 0. The Morgan fingerprint density at radius 1 is 1.38 bits per heavy atom. The van der Waals surface area contributed by atoms with Crippen LogP contribution in [0.1, 0.15) is 17.2 Å². The van der Waals surface area contributed by atoms with E-state index in [4.69, 9.17) is 0 Å². The summed E-state index contributed by atoms with van der Waals surface area (Å²) in [4.78, 5) is 38.8. The summed E-state index contributed by atoms with van der Waals surface area (Å²) in [6.07, 6.45) is -0.00168. The molecule has 1 atom stereocenters. The van der Waals surface area contributed by atoms with Crippen molar-refractivity contribution < 1.29 is 15.1 Å². The van der Waals surface area contributed by atoms with Crippen LogP contribution >= 0.6 is 0 Å². The number of aromatic hydroxyl groups is 1. The van der Waals surface area contributed by atoms with Gasteiger partial charge >= 0.3 is 5.69 Å². The van der Waals surface area contributed by atoms with Crippen LogP contribution in [0.3, 0.4) is 0 Å². The van der Waals surface area contributed by atoms with Gasteiger partial charge < -0.3 is 10.2 Å². The molecule has 1 aromatic carbocycles. The van der Waals surface area contributed by atoms with Crippen molar-refractivity contribution in [2.45, 2.75) is 6.10 Å². The lowest BCUT2D eigenvalue weighted by molar-refractivity contribution is -0.384. The van der Waals surface area contributed by atoms with Gasteiger partial charge in [-0.2, -0.15) is 0 Å². The molecule has 3 N–H and O–H groups in total. The Hall–Kier alpha value is -3.27. The Bertz CT molecular complexity index is 897. The quantitative estimate of drug-likeness (QED) is 0.392. The molecule has 2 aromatic rings. The SMILES string of the molecule is Cn1c(O)c(C=NC[C@H](O)c2ccc([N+](=O)[O-])cc2)c(=O)[nH]c1=O. The second-order valence-electron chi connectivity index (χ2n) is 4.91. The molecule has 0 radical (unpaired) electrons. The zero-order valence-corrected chi connectivity index (χ0v) is 12.5. The number of nitrogens with zero attached hydrogens (tertiary/aromatic N) is 3. The van der Waals surface area contributed by atoms with Crippen molar-refractivity contribution in [3.63, 3.8) is 0 Å². The van der Waals surface area contributed by atoms with Gasteiger partial charge in [0.05, 0.1) is 17.6 Å². The van der Waals surface area contributed by atoms with Gasteiger partial charge in [-0.25, -0.2) is 4.79 Å². The van der Waals surface area contributed by atoms with Crippen LogP contribution in [0.25, 0.3) is 0 Å². The first-order valence-corrected chi connectivity index (χ1v) is 6.75. The zero-order valence-electron chi connectivity index (χ0n) is 12.5. The maximum Gasteiger partial charge on any atom is 0.330 e. The number of nitrogens with one attached hydrogen (secondary N) is 1. The van der Waals surface area contributed by atoms with Crippen molar-refractivity contribution in [3.8, 4) is 5.88 Å². The average Bonchev–Trinajstić information content (AvgIpc) is 2.55. The van der Waals surface area contributed by atoms with E-state index in [1.54, 1.807) is 0 Å². The van der Waals surface area contributed by atoms with Gasteiger partial charge in [0.25, 0.3) is 11.2 Å². The molecule has 0 saturated carbocycles. The number of nitro benzene ring substituents is 1. The first-order chi connectivity index (χ1) is 11.3. The molecule has 2 rings (SSSR count). The monoisotopic (exact) mass is 334 g/mol. The smallest absolute Gasteiger partial charge is 0.330 e. The summed E-state index contributed by atoms with van der Waals surface area (Å²) in [5, 5.41) is 30.3. The normalized spacial score (nSPS) is 12.4. The Morgan fingerprint density at radius 2 is 2.00 bits per heavy atom. The highest BCUT2D eigenvalue weighted by Gasteiger charge is 2.12. The van der Waals surface area contributed by atoms with Gasteiger partial charge in [0.2, 0.25) is 5.88 Å². The number of rotatable bonds is 5. The van der Waals surface area contributed by atoms with Crippen LogP contribution in [-0.2, 0) is 7.05 Å². The number of hydrogen-bond donors (Lipinski definition) is 3. The van der Waals surface area contributed by atoms with E-state index >= 15 is 0 Å². The van der Waals surface area contributed by atoms with Gasteiger partial charge in [-0.3, -0.25) is 29.5 Å². The Balaban J connectivity index is 2.14. The predicted molar refractivity (Wildman–Crippen MR) is 84.5 cm³/mol. The maximum absolute atomic E-state index is 11.6. The average molecular weight is 334 g/mol. The molecule has 0 fully saturated rings. The number of aromatic nitrogens is 2. The second-order valence-corrected chi connectivity index (χ2v) is 4.91. The first-order valence-electron chi connectivity index (χ1n) is 6.75. The van der Waals surface area contributed by atoms with E-state index in [1.165, 1.54) is 31.3 Å². The molecule has 0 aliphatic heterocycles.